The van der Waals surface area contributed by atoms with Gasteiger partial charge in [0.2, 0.25) is 0 Å². The van der Waals surface area contributed by atoms with Crippen LogP contribution in [0.1, 0.15) is 15.9 Å². The Morgan fingerprint density at radius 2 is 1.90 bits per heavy atom. The lowest BCUT2D eigenvalue weighted by molar-refractivity contribution is 0.102. The predicted molar refractivity (Wildman–Crippen MR) is 106 cm³/mol. The molecule has 4 aromatic rings. The number of hydrogen-bond acceptors (Lipinski definition) is 3. The fourth-order valence-electron chi connectivity index (χ4n) is 3.02. The summed E-state index contributed by atoms with van der Waals surface area (Å²) >= 11 is 0. The van der Waals surface area contributed by atoms with Crippen LogP contribution in [-0.2, 0) is 0 Å². The van der Waals surface area contributed by atoms with Crippen molar-refractivity contribution in [1.82, 2.24) is 9.38 Å². The van der Waals surface area contributed by atoms with E-state index in [1.165, 1.54) is 13.2 Å². The Morgan fingerprint density at radius 1 is 1.07 bits per heavy atom. The number of amides is 1. The van der Waals surface area contributed by atoms with Crippen molar-refractivity contribution in [2.24, 2.45) is 0 Å². The number of hydrogen-bond donors (Lipinski definition) is 1. The highest BCUT2D eigenvalue weighted by Gasteiger charge is 2.14. The van der Waals surface area contributed by atoms with E-state index in [4.69, 9.17) is 4.74 Å². The molecule has 1 amide bonds. The Labute approximate surface area is 165 Å². The number of imidazole rings is 1. The number of pyridine rings is 1. The molecule has 0 spiro atoms. The van der Waals surface area contributed by atoms with Crippen LogP contribution in [0, 0.1) is 18.6 Å². The van der Waals surface area contributed by atoms with E-state index in [9.17, 15) is 13.6 Å². The average Bonchev–Trinajstić information content (AvgIpc) is 3.13. The Hall–Kier alpha value is -3.74. The van der Waals surface area contributed by atoms with E-state index in [2.05, 4.69) is 10.3 Å². The lowest BCUT2D eigenvalue weighted by Gasteiger charge is -2.12. The van der Waals surface area contributed by atoms with E-state index in [1.807, 2.05) is 41.9 Å². The summed E-state index contributed by atoms with van der Waals surface area (Å²) in [6.45, 7) is 1.99. The number of nitrogens with one attached hydrogen (secondary N) is 1. The fourth-order valence-corrected chi connectivity index (χ4v) is 3.02. The molecular formula is C22H17F2N3O2. The molecule has 7 heteroatoms. The highest BCUT2D eigenvalue weighted by Crippen LogP contribution is 2.31. The molecule has 0 saturated heterocycles. The maximum atomic E-state index is 13.4. The van der Waals surface area contributed by atoms with Crippen molar-refractivity contribution >= 4 is 17.2 Å². The molecule has 1 N–H and O–H groups in total. The topological polar surface area (TPSA) is 55.6 Å². The quantitative estimate of drug-likeness (QED) is 0.539. The summed E-state index contributed by atoms with van der Waals surface area (Å²) < 4.78 is 33.8. The maximum Gasteiger partial charge on any atom is 0.255 e. The largest absolute Gasteiger partial charge is 0.495 e. The molecule has 2 aromatic heterocycles. The Morgan fingerprint density at radius 3 is 2.66 bits per heavy atom. The van der Waals surface area contributed by atoms with Crippen molar-refractivity contribution < 1.29 is 18.3 Å². The number of rotatable bonds is 4. The molecule has 146 valence electrons. The van der Waals surface area contributed by atoms with Gasteiger partial charge < -0.3 is 14.5 Å². The molecule has 2 aromatic carbocycles. The van der Waals surface area contributed by atoms with Crippen LogP contribution in [0.25, 0.3) is 16.9 Å². The Bertz CT molecular complexity index is 1230. The van der Waals surface area contributed by atoms with E-state index in [0.717, 1.165) is 34.6 Å². The van der Waals surface area contributed by atoms with Gasteiger partial charge in [0, 0.05) is 23.5 Å². The number of methoxy groups -OCH3 is 1. The summed E-state index contributed by atoms with van der Waals surface area (Å²) in [6, 6.07) is 12.2. The summed E-state index contributed by atoms with van der Waals surface area (Å²) in [5, 5.41) is 2.69. The average molecular weight is 393 g/mol. The van der Waals surface area contributed by atoms with Crippen LogP contribution in [-0.4, -0.2) is 22.4 Å². The minimum atomic E-state index is -1.08. The van der Waals surface area contributed by atoms with Gasteiger partial charge in [-0.15, -0.1) is 0 Å². The number of fused-ring (bicyclic) bond motifs is 1. The van der Waals surface area contributed by atoms with Crippen LogP contribution < -0.4 is 10.1 Å². The predicted octanol–water partition coefficient (Wildman–Crippen LogP) is 4.85. The highest BCUT2D eigenvalue weighted by molar-refractivity contribution is 6.05. The van der Waals surface area contributed by atoms with Gasteiger partial charge in [-0.05, 0) is 61.0 Å². The minimum Gasteiger partial charge on any atom is -0.495 e. The first-order valence-electron chi connectivity index (χ1n) is 8.85. The number of nitrogens with zero attached hydrogens (tertiary/aromatic N) is 2. The third kappa shape index (κ3) is 3.67. The van der Waals surface area contributed by atoms with Gasteiger partial charge in [-0.25, -0.2) is 13.8 Å². The smallest absolute Gasteiger partial charge is 0.255 e. The molecule has 29 heavy (non-hydrogen) atoms. The summed E-state index contributed by atoms with van der Waals surface area (Å²) in [6.07, 6.45) is 3.81. The molecule has 0 aliphatic carbocycles. The van der Waals surface area contributed by atoms with Gasteiger partial charge in [0.25, 0.3) is 5.91 Å². The van der Waals surface area contributed by atoms with Crippen molar-refractivity contribution in [3.05, 3.63) is 83.7 Å². The van der Waals surface area contributed by atoms with Crippen molar-refractivity contribution in [1.29, 1.82) is 0 Å². The molecule has 4 rings (SSSR count). The molecule has 0 atom stereocenters. The molecule has 0 bridgehead atoms. The van der Waals surface area contributed by atoms with Crippen LogP contribution in [0.2, 0.25) is 0 Å². The van der Waals surface area contributed by atoms with Gasteiger partial charge in [0.15, 0.2) is 11.6 Å². The number of benzene rings is 2. The lowest BCUT2D eigenvalue weighted by Crippen LogP contribution is -2.13. The zero-order valence-corrected chi connectivity index (χ0v) is 15.7. The molecule has 2 heterocycles. The van der Waals surface area contributed by atoms with E-state index < -0.39 is 17.5 Å². The molecule has 0 unspecified atom stereocenters. The second-order valence-electron chi connectivity index (χ2n) is 6.59. The van der Waals surface area contributed by atoms with E-state index in [0.29, 0.717) is 11.4 Å². The van der Waals surface area contributed by atoms with Crippen molar-refractivity contribution in [2.75, 3.05) is 12.4 Å². The molecule has 5 nitrogen and oxygen atoms in total. The van der Waals surface area contributed by atoms with Crippen LogP contribution in [0.4, 0.5) is 14.5 Å². The SMILES string of the molecule is COc1ccc(-c2cn3ccc(C)cc3n2)cc1NC(=O)c1ccc(F)c(F)c1. The van der Waals surface area contributed by atoms with Crippen molar-refractivity contribution in [2.45, 2.75) is 6.92 Å². The highest BCUT2D eigenvalue weighted by atomic mass is 19.2. The first-order valence-corrected chi connectivity index (χ1v) is 8.85. The second kappa shape index (κ2) is 7.35. The second-order valence-corrected chi connectivity index (χ2v) is 6.59. The van der Waals surface area contributed by atoms with Gasteiger partial charge in [0.1, 0.15) is 11.4 Å². The van der Waals surface area contributed by atoms with Gasteiger partial charge in [-0.3, -0.25) is 4.79 Å². The number of aromatic nitrogens is 2. The molecule has 0 aliphatic heterocycles. The summed E-state index contributed by atoms with van der Waals surface area (Å²) in [5.41, 5.74) is 3.80. The van der Waals surface area contributed by atoms with Crippen LogP contribution in [0.15, 0.2) is 60.9 Å². The van der Waals surface area contributed by atoms with Crippen LogP contribution in [0.3, 0.4) is 0 Å². The third-order valence-corrected chi connectivity index (χ3v) is 4.54. The van der Waals surface area contributed by atoms with E-state index in [1.54, 1.807) is 12.1 Å². The monoisotopic (exact) mass is 393 g/mol. The molecular weight excluding hydrogens is 376 g/mol. The molecule has 0 aliphatic rings. The first-order chi connectivity index (χ1) is 13.9. The van der Waals surface area contributed by atoms with E-state index >= 15 is 0 Å². The summed E-state index contributed by atoms with van der Waals surface area (Å²) in [5.74, 6) is -2.24. The van der Waals surface area contributed by atoms with Crippen molar-refractivity contribution in [3.8, 4) is 17.0 Å². The van der Waals surface area contributed by atoms with Crippen LogP contribution in [0.5, 0.6) is 5.75 Å². The normalized spacial score (nSPS) is 10.9. The van der Waals surface area contributed by atoms with Gasteiger partial charge >= 0.3 is 0 Å². The molecule has 0 saturated carbocycles. The lowest BCUT2D eigenvalue weighted by atomic mass is 10.1. The number of ether oxygens (including phenoxy) is 1. The molecule has 0 fully saturated rings. The standard InChI is InChI=1S/C22H17F2N3O2/c1-13-7-8-27-12-19(25-21(27)9-13)14-4-6-20(29-2)18(11-14)26-22(28)15-3-5-16(23)17(24)10-15/h3-12H,1-2H3,(H,26,28). The number of carbonyl (C=O) groups is 1. The number of carbonyl (C=O) groups excluding carboxylic acids is 1. The fraction of sp³-hybridized carbons (Fsp3) is 0.0909. The van der Waals surface area contributed by atoms with Gasteiger partial charge in [0.05, 0.1) is 18.5 Å². The first kappa shape index (κ1) is 18.6. The molecule has 0 radical (unpaired) electrons. The number of halogens is 2. The number of aryl methyl sites for hydroxylation is 1. The Kier molecular flexibility index (Phi) is 4.72. The minimum absolute atomic E-state index is 0.000406. The van der Waals surface area contributed by atoms with Gasteiger partial charge in [-0.2, -0.15) is 0 Å². The van der Waals surface area contributed by atoms with E-state index in [-0.39, 0.29) is 5.56 Å². The zero-order valence-electron chi connectivity index (χ0n) is 15.7. The Balaban J connectivity index is 1.69. The van der Waals surface area contributed by atoms with Crippen LogP contribution >= 0.6 is 0 Å². The summed E-state index contributed by atoms with van der Waals surface area (Å²) in [4.78, 5) is 17.1. The third-order valence-electron chi connectivity index (χ3n) is 4.54. The number of anilines is 1. The summed E-state index contributed by atoms with van der Waals surface area (Å²) in [7, 11) is 1.48. The van der Waals surface area contributed by atoms with Crippen molar-refractivity contribution in [3.63, 3.8) is 0 Å². The zero-order chi connectivity index (χ0) is 20.5. The maximum absolute atomic E-state index is 13.4. The van der Waals surface area contributed by atoms with Gasteiger partial charge in [-0.1, -0.05) is 0 Å².